The first-order chi connectivity index (χ1) is 7.72. The van der Waals surface area contributed by atoms with Crippen molar-refractivity contribution in [3.63, 3.8) is 0 Å². The van der Waals surface area contributed by atoms with E-state index in [2.05, 4.69) is 38.2 Å². The average Bonchev–Trinajstić information content (AvgIpc) is 2.29. The fourth-order valence-corrected chi connectivity index (χ4v) is 2.53. The number of hydrogen-bond donors (Lipinski definition) is 1. The van der Waals surface area contributed by atoms with E-state index in [1.165, 1.54) is 38.5 Å². The lowest BCUT2D eigenvalue weighted by atomic mass is 9.81. The van der Waals surface area contributed by atoms with Gasteiger partial charge in [-0.25, -0.2) is 0 Å². The molecule has 0 aliphatic heterocycles. The Morgan fingerprint density at radius 3 is 2.44 bits per heavy atom. The van der Waals surface area contributed by atoms with Gasteiger partial charge in [0.25, 0.3) is 0 Å². The van der Waals surface area contributed by atoms with Gasteiger partial charge in [-0.3, -0.25) is 0 Å². The summed E-state index contributed by atoms with van der Waals surface area (Å²) in [6.07, 6.45) is 13.2. The Balaban J connectivity index is 2.06. The van der Waals surface area contributed by atoms with E-state index in [1.54, 1.807) is 0 Å². The highest BCUT2D eigenvalue weighted by Crippen LogP contribution is 2.31. The van der Waals surface area contributed by atoms with E-state index >= 15 is 0 Å². The Kier molecular flexibility index (Phi) is 6.79. The molecule has 0 aromatic rings. The molecule has 0 spiro atoms. The maximum atomic E-state index is 3.45. The normalized spacial score (nSPS) is 26.8. The highest BCUT2D eigenvalue weighted by atomic mass is 14.9. The van der Waals surface area contributed by atoms with E-state index < -0.39 is 0 Å². The molecule has 1 aliphatic rings. The number of nitrogens with one attached hydrogen (secondary N) is 1. The van der Waals surface area contributed by atoms with Crippen LogP contribution in [-0.4, -0.2) is 12.6 Å². The summed E-state index contributed by atoms with van der Waals surface area (Å²) in [4.78, 5) is 0. The fourth-order valence-electron chi connectivity index (χ4n) is 2.53. The summed E-state index contributed by atoms with van der Waals surface area (Å²) in [5.41, 5.74) is 0. The quantitative estimate of drug-likeness (QED) is 0.527. The summed E-state index contributed by atoms with van der Waals surface area (Å²) in [6, 6.07) is 0.619. The molecule has 94 valence electrons. The Hall–Kier alpha value is -0.300. The van der Waals surface area contributed by atoms with Gasteiger partial charge in [0, 0.05) is 6.04 Å². The lowest BCUT2D eigenvalue weighted by molar-refractivity contribution is 0.303. The molecule has 1 N–H and O–H groups in total. The predicted octanol–water partition coefficient (Wildman–Crippen LogP) is 4.15. The summed E-state index contributed by atoms with van der Waals surface area (Å²) < 4.78 is 0. The molecule has 0 aromatic carbocycles. The van der Waals surface area contributed by atoms with E-state index in [1.807, 2.05) is 0 Å². The topological polar surface area (TPSA) is 12.0 Å². The Morgan fingerprint density at radius 1 is 1.19 bits per heavy atom. The van der Waals surface area contributed by atoms with Gasteiger partial charge in [-0.05, 0) is 50.5 Å². The largest absolute Gasteiger partial charge is 0.314 e. The van der Waals surface area contributed by atoms with Gasteiger partial charge in [0.05, 0.1) is 0 Å². The zero-order valence-corrected chi connectivity index (χ0v) is 11.3. The van der Waals surface area contributed by atoms with Crippen LogP contribution in [0, 0.1) is 11.8 Å². The molecule has 1 fully saturated rings. The van der Waals surface area contributed by atoms with E-state index in [-0.39, 0.29) is 0 Å². The molecule has 0 atom stereocenters. The van der Waals surface area contributed by atoms with Crippen LogP contribution in [-0.2, 0) is 0 Å². The molecule has 0 unspecified atom stereocenters. The van der Waals surface area contributed by atoms with E-state index in [0.29, 0.717) is 6.04 Å². The molecule has 16 heavy (non-hydrogen) atoms. The summed E-state index contributed by atoms with van der Waals surface area (Å²) in [7, 11) is 0. The van der Waals surface area contributed by atoms with Crippen LogP contribution >= 0.6 is 0 Å². The number of hydrogen-bond acceptors (Lipinski definition) is 1. The monoisotopic (exact) mass is 223 g/mol. The molecule has 0 radical (unpaired) electrons. The maximum Gasteiger partial charge on any atom is 0.00105 e. The van der Waals surface area contributed by atoms with Gasteiger partial charge in [0.15, 0.2) is 0 Å². The van der Waals surface area contributed by atoms with Crippen molar-refractivity contribution < 1.29 is 0 Å². The highest BCUT2D eigenvalue weighted by molar-refractivity contribution is 4.91. The first-order valence-electron chi connectivity index (χ1n) is 7.12. The molecule has 1 heteroatoms. The summed E-state index contributed by atoms with van der Waals surface area (Å²) in [6.45, 7) is 7.86. The average molecular weight is 223 g/mol. The van der Waals surface area contributed by atoms with Gasteiger partial charge in [-0.1, -0.05) is 39.3 Å². The van der Waals surface area contributed by atoms with Gasteiger partial charge in [0.2, 0.25) is 0 Å². The van der Waals surface area contributed by atoms with Crippen LogP contribution in [0.15, 0.2) is 12.2 Å². The van der Waals surface area contributed by atoms with E-state index in [4.69, 9.17) is 0 Å². The summed E-state index contributed by atoms with van der Waals surface area (Å²) in [5, 5.41) is 3.45. The van der Waals surface area contributed by atoms with Crippen molar-refractivity contribution >= 4 is 0 Å². The summed E-state index contributed by atoms with van der Waals surface area (Å²) in [5.74, 6) is 1.90. The van der Waals surface area contributed by atoms with Crippen LogP contribution in [0.3, 0.4) is 0 Å². The third kappa shape index (κ3) is 5.69. The zero-order valence-electron chi connectivity index (χ0n) is 11.3. The van der Waals surface area contributed by atoms with Gasteiger partial charge >= 0.3 is 0 Å². The van der Waals surface area contributed by atoms with Crippen LogP contribution in [0.2, 0.25) is 0 Å². The van der Waals surface area contributed by atoms with Crippen LogP contribution in [0.4, 0.5) is 0 Å². The smallest absolute Gasteiger partial charge is 0.00105 e. The molecule has 0 bridgehead atoms. The van der Waals surface area contributed by atoms with E-state index in [9.17, 15) is 0 Å². The molecule has 1 rings (SSSR count). The Labute approximate surface area is 102 Å². The predicted molar refractivity (Wildman–Crippen MR) is 72.6 cm³/mol. The van der Waals surface area contributed by atoms with Crippen molar-refractivity contribution in [3.05, 3.63) is 12.2 Å². The van der Waals surface area contributed by atoms with Crippen molar-refractivity contribution in [2.45, 2.75) is 65.3 Å². The zero-order chi connectivity index (χ0) is 11.8. The number of rotatable bonds is 6. The summed E-state index contributed by atoms with van der Waals surface area (Å²) >= 11 is 0. The maximum absolute atomic E-state index is 3.45. The standard InChI is InChI=1S/C15H29N/c1-4-14-8-10-15(11-9-14)7-5-6-12-16-13(2)3/h5,7,13-16H,4,6,8-12H2,1-3H3/b7-5+. The third-order valence-electron chi connectivity index (χ3n) is 3.74. The fraction of sp³-hybridized carbons (Fsp3) is 0.867. The SMILES string of the molecule is CCC1CCC(/C=C/CCNC(C)C)CC1. The first-order valence-corrected chi connectivity index (χ1v) is 7.12. The van der Waals surface area contributed by atoms with Crippen molar-refractivity contribution in [2.24, 2.45) is 11.8 Å². The van der Waals surface area contributed by atoms with E-state index in [0.717, 1.165) is 18.4 Å². The van der Waals surface area contributed by atoms with Crippen molar-refractivity contribution in [1.29, 1.82) is 0 Å². The molecule has 1 aliphatic carbocycles. The molecule has 0 saturated heterocycles. The number of allylic oxidation sites excluding steroid dienone is 1. The van der Waals surface area contributed by atoms with Crippen molar-refractivity contribution in [3.8, 4) is 0 Å². The third-order valence-corrected chi connectivity index (χ3v) is 3.74. The van der Waals surface area contributed by atoms with Crippen molar-refractivity contribution in [1.82, 2.24) is 5.32 Å². The first kappa shape index (κ1) is 13.8. The highest BCUT2D eigenvalue weighted by Gasteiger charge is 2.17. The molecule has 1 saturated carbocycles. The molecular formula is C15H29N. The van der Waals surface area contributed by atoms with Crippen LogP contribution in [0.5, 0.6) is 0 Å². The second kappa shape index (κ2) is 7.89. The molecule has 1 nitrogen and oxygen atoms in total. The van der Waals surface area contributed by atoms with Gasteiger partial charge in [-0.2, -0.15) is 0 Å². The second-order valence-corrected chi connectivity index (χ2v) is 5.51. The Bertz CT molecular complexity index is 188. The van der Waals surface area contributed by atoms with Gasteiger partial charge in [0.1, 0.15) is 0 Å². The molecule has 0 aromatic heterocycles. The van der Waals surface area contributed by atoms with Gasteiger partial charge in [-0.15, -0.1) is 0 Å². The lowest BCUT2D eigenvalue weighted by Gasteiger charge is -2.25. The van der Waals surface area contributed by atoms with Crippen molar-refractivity contribution in [2.75, 3.05) is 6.54 Å². The van der Waals surface area contributed by atoms with Gasteiger partial charge < -0.3 is 5.32 Å². The lowest BCUT2D eigenvalue weighted by Crippen LogP contribution is -2.23. The molecule has 0 heterocycles. The minimum atomic E-state index is 0.619. The minimum absolute atomic E-state index is 0.619. The van der Waals surface area contributed by atoms with Crippen LogP contribution < -0.4 is 5.32 Å². The molecular weight excluding hydrogens is 194 g/mol. The Morgan fingerprint density at radius 2 is 1.88 bits per heavy atom. The second-order valence-electron chi connectivity index (χ2n) is 5.51. The van der Waals surface area contributed by atoms with Crippen LogP contribution in [0.1, 0.15) is 59.3 Å². The molecule has 0 amide bonds. The minimum Gasteiger partial charge on any atom is -0.314 e. The van der Waals surface area contributed by atoms with Crippen LogP contribution in [0.25, 0.3) is 0 Å².